The van der Waals surface area contributed by atoms with Gasteiger partial charge in [0.15, 0.2) is 6.10 Å². The number of amides is 1. The second kappa shape index (κ2) is 9.98. The van der Waals surface area contributed by atoms with E-state index in [0.29, 0.717) is 25.2 Å². The highest BCUT2D eigenvalue weighted by molar-refractivity contribution is 6.34. The van der Waals surface area contributed by atoms with Crippen LogP contribution in [-0.4, -0.2) is 33.1 Å². The molecule has 0 aliphatic rings. The summed E-state index contributed by atoms with van der Waals surface area (Å²) < 4.78 is 74.9. The monoisotopic (exact) mass is 503 g/mol. The normalized spacial score (nSPS) is 12.5. The number of anilines is 1. The number of benzene rings is 2. The zero-order chi connectivity index (χ0) is 25.2. The number of halogens is 6. The molecule has 1 heterocycles. The molecule has 34 heavy (non-hydrogen) atoms. The number of aryl methyl sites for hydroxylation is 1. The van der Waals surface area contributed by atoms with Crippen molar-refractivity contribution in [3.8, 4) is 17.0 Å². The Kier molecular flexibility index (Phi) is 7.47. The molecule has 0 saturated heterocycles. The van der Waals surface area contributed by atoms with Gasteiger partial charge in [0.25, 0.3) is 5.91 Å². The summed E-state index contributed by atoms with van der Waals surface area (Å²) in [6, 6.07) is 6.52. The molecule has 6 nitrogen and oxygen atoms in total. The smallest absolute Gasteiger partial charge is 0.425 e. The van der Waals surface area contributed by atoms with Crippen molar-refractivity contribution < 1.29 is 36.6 Å². The van der Waals surface area contributed by atoms with Crippen LogP contribution in [0, 0.1) is 11.6 Å². The topological polar surface area (TPSA) is 76.4 Å². The molecule has 1 aromatic heterocycles. The summed E-state index contributed by atoms with van der Waals surface area (Å²) in [6.45, 7) is 2.39. The van der Waals surface area contributed by atoms with Crippen LogP contribution < -0.4 is 10.1 Å². The lowest BCUT2D eigenvalue weighted by Crippen LogP contribution is -2.32. The first-order valence-corrected chi connectivity index (χ1v) is 10.3. The fourth-order valence-corrected chi connectivity index (χ4v) is 3.28. The molecule has 0 radical (unpaired) electrons. The first kappa shape index (κ1) is 25.4. The minimum absolute atomic E-state index is 0.0111. The number of carbonyl (C=O) groups is 1. The van der Waals surface area contributed by atoms with E-state index in [-0.39, 0.29) is 16.3 Å². The van der Waals surface area contributed by atoms with Gasteiger partial charge in [0, 0.05) is 12.1 Å². The molecule has 0 bridgehead atoms. The molecule has 2 N–H and O–H groups in total. The summed E-state index contributed by atoms with van der Waals surface area (Å²) in [5.41, 5.74) is -0.945. The lowest BCUT2D eigenvalue weighted by molar-refractivity contribution is -0.189. The average Bonchev–Trinajstić information content (AvgIpc) is 3.19. The molecule has 182 valence electrons. The number of rotatable bonds is 7. The van der Waals surface area contributed by atoms with Gasteiger partial charge in [-0.2, -0.15) is 18.3 Å². The highest BCUT2D eigenvalue weighted by Gasteiger charge is 2.39. The van der Waals surface area contributed by atoms with E-state index in [0.717, 1.165) is 12.1 Å². The van der Waals surface area contributed by atoms with Gasteiger partial charge in [-0.1, -0.05) is 17.7 Å². The molecule has 3 aromatic rings. The molecule has 1 atom stereocenters. The van der Waals surface area contributed by atoms with E-state index in [1.165, 1.54) is 22.9 Å². The van der Waals surface area contributed by atoms with Gasteiger partial charge in [-0.15, -0.1) is 0 Å². The molecule has 0 aliphatic heterocycles. The van der Waals surface area contributed by atoms with E-state index < -0.39 is 53.4 Å². The van der Waals surface area contributed by atoms with E-state index in [4.69, 9.17) is 16.3 Å². The number of hydrogen-bond donors (Lipinski definition) is 2. The van der Waals surface area contributed by atoms with Crippen LogP contribution in [0.15, 0.2) is 36.4 Å². The number of hydrogen-bond acceptors (Lipinski definition) is 4. The van der Waals surface area contributed by atoms with Crippen molar-refractivity contribution in [2.24, 2.45) is 0 Å². The maximum absolute atomic E-state index is 15.0. The third-order valence-corrected chi connectivity index (χ3v) is 5.20. The Bertz CT molecular complexity index is 1170. The number of aliphatic hydroxyl groups excluding tert-OH is 1. The summed E-state index contributed by atoms with van der Waals surface area (Å²) in [5, 5.41) is 15.6. The van der Waals surface area contributed by atoms with Gasteiger partial charge in [0.1, 0.15) is 17.4 Å². The fourth-order valence-electron chi connectivity index (χ4n) is 3.07. The van der Waals surface area contributed by atoms with Crippen molar-refractivity contribution >= 4 is 23.2 Å². The number of aliphatic hydroxyl groups is 1. The number of alkyl halides is 3. The standard InChI is InChI=1S/C22H19ClF5N3O3/c1-3-31-12(10-32)7-18(30-31)13-9-19(34-11(2)22(26,27)28)14(8-17(13)25)21(33)29-20-15(23)5-4-6-16(20)24/h4-9,11,32H,3,10H2,1-2H3,(H,29,33)/t11-/m0/s1. The maximum atomic E-state index is 15.0. The van der Waals surface area contributed by atoms with Crippen LogP contribution in [0.25, 0.3) is 11.3 Å². The molecule has 3 rings (SSSR count). The van der Waals surface area contributed by atoms with Crippen LogP contribution in [0.1, 0.15) is 29.9 Å². The van der Waals surface area contributed by atoms with Gasteiger partial charge >= 0.3 is 6.18 Å². The van der Waals surface area contributed by atoms with Crippen molar-refractivity contribution in [2.45, 2.75) is 39.3 Å². The van der Waals surface area contributed by atoms with Gasteiger partial charge in [0.05, 0.1) is 34.3 Å². The molecule has 0 unspecified atom stereocenters. The number of para-hydroxylation sites is 1. The summed E-state index contributed by atoms with van der Waals surface area (Å²) >= 11 is 5.89. The van der Waals surface area contributed by atoms with Gasteiger partial charge in [0.2, 0.25) is 0 Å². The van der Waals surface area contributed by atoms with Crippen LogP contribution in [-0.2, 0) is 13.2 Å². The molecule has 1 amide bonds. The van der Waals surface area contributed by atoms with E-state index >= 15 is 4.39 Å². The third-order valence-electron chi connectivity index (χ3n) is 4.88. The lowest BCUT2D eigenvalue weighted by Gasteiger charge is -2.20. The zero-order valence-corrected chi connectivity index (χ0v) is 18.6. The van der Waals surface area contributed by atoms with Crippen molar-refractivity contribution in [3.05, 3.63) is 64.3 Å². The molecular formula is C22H19ClF5N3O3. The Balaban J connectivity index is 2.10. The predicted octanol–water partition coefficient (Wildman–Crippen LogP) is 5.58. The summed E-state index contributed by atoms with van der Waals surface area (Å²) in [7, 11) is 0. The third kappa shape index (κ3) is 5.31. The molecule has 0 saturated carbocycles. The number of carbonyl (C=O) groups excluding carboxylic acids is 1. The van der Waals surface area contributed by atoms with Crippen molar-refractivity contribution in [1.82, 2.24) is 9.78 Å². The number of nitrogens with one attached hydrogen (secondary N) is 1. The number of ether oxygens (including phenoxy) is 1. The zero-order valence-electron chi connectivity index (χ0n) is 17.9. The SMILES string of the molecule is CCn1nc(-c2cc(O[C@@H](C)C(F)(F)F)c(C(=O)Nc3c(F)cccc3Cl)cc2F)cc1CO. The number of aromatic nitrogens is 2. The van der Waals surface area contributed by atoms with Crippen LogP contribution in [0.2, 0.25) is 5.02 Å². The van der Waals surface area contributed by atoms with E-state index in [9.17, 15) is 27.5 Å². The second-order valence-electron chi connectivity index (χ2n) is 7.18. The largest absolute Gasteiger partial charge is 0.480 e. The molecule has 2 aromatic carbocycles. The quantitative estimate of drug-likeness (QED) is 0.413. The Morgan fingerprint density at radius 1 is 1.24 bits per heavy atom. The van der Waals surface area contributed by atoms with Crippen LogP contribution in [0.3, 0.4) is 0 Å². The molecule has 12 heteroatoms. The molecule has 0 aliphatic carbocycles. The Hall–Kier alpha value is -3.18. The van der Waals surface area contributed by atoms with Crippen molar-refractivity contribution in [3.63, 3.8) is 0 Å². The summed E-state index contributed by atoms with van der Waals surface area (Å²) in [5.74, 6) is -3.65. The van der Waals surface area contributed by atoms with Gasteiger partial charge < -0.3 is 15.2 Å². The van der Waals surface area contributed by atoms with Gasteiger partial charge in [-0.05, 0) is 44.2 Å². The van der Waals surface area contributed by atoms with Crippen LogP contribution >= 0.6 is 11.6 Å². The Morgan fingerprint density at radius 2 is 1.94 bits per heavy atom. The summed E-state index contributed by atoms with van der Waals surface area (Å²) in [6.07, 6.45) is -7.14. The highest BCUT2D eigenvalue weighted by atomic mass is 35.5. The van der Waals surface area contributed by atoms with Crippen molar-refractivity contribution in [2.75, 3.05) is 5.32 Å². The second-order valence-corrected chi connectivity index (χ2v) is 7.58. The average molecular weight is 504 g/mol. The van der Waals surface area contributed by atoms with Crippen molar-refractivity contribution in [1.29, 1.82) is 0 Å². The van der Waals surface area contributed by atoms with Crippen LogP contribution in [0.4, 0.5) is 27.6 Å². The molecule has 0 fully saturated rings. The Labute approximate surface area is 195 Å². The minimum atomic E-state index is -4.79. The summed E-state index contributed by atoms with van der Waals surface area (Å²) in [4.78, 5) is 12.8. The molecule has 0 spiro atoms. The fraction of sp³-hybridized carbons (Fsp3) is 0.273. The van der Waals surface area contributed by atoms with E-state index in [2.05, 4.69) is 10.4 Å². The van der Waals surface area contributed by atoms with Crippen LogP contribution in [0.5, 0.6) is 5.75 Å². The minimum Gasteiger partial charge on any atom is -0.480 e. The highest BCUT2D eigenvalue weighted by Crippen LogP contribution is 2.34. The number of nitrogens with zero attached hydrogens (tertiary/aromatic N) is 2. The van der Waals surface area contributed by atoms with Gasteiger partial charge in [-0.25, -0.2) is 8.78 Å². The predicted molar refractivity (Wildman–Crippen MR) is 115 cm³/mol. The lowest BCUT2D eigenvalue weighted by atomic mass is 10.1. The van der Waals surface area contributed by atoms with E-state index in [1.807, 2.05) is 0 Å². The Morgan fingerprint density at radius 3 is 2.50 bits per heavy atom. The van der Waals surface area contributed by atoms with Gasteiger partial charge in [-0.3, -0.25) is 9.48 Å². The first-order valence-electron chi connectivity index (χ1n) is 9.96. The van der Waals surface area contributed by atoms with E-state index in [1.54, 1.807) is 6.92 Å². The molecular weight excluding hydrogens is 485 g/mol. The first-order chi connectivity index (χ1) is 16.0. The maximum Gasteiger partial charge on any atom is 0.425 e.